The van der Waals surface area contributed by atoms with Gasteiger partial charge in [-0.15, -0.1) is 0 Å². The van der Waals surface area contributed by atoms with Gasteiger partial charge < -0.3 is 4.74 Å². The number of sulfone groups is 1. The van der Waals surface area contributed by atoms with E-state index in [1.165, 1.54) is 12.3 Å². The van der Waals surface area contributed by atoms with E-state index < -0.39 is 9.84 Å². The predicted octanol–water partition coefficient (Wildman–Crippen LogP) is 3.43. The van der Waals surface area contributed by atoms with Crippen LogP contribution in [0.15, 0.2) is 57.9 Å². The molecule has 0 unspecified atom stereocenters. The molecule has 0 spiro atoms. The lowest BCUT2D eigenvalue weighted by Crippen LogP contribution is -2.00. The van der Waals surface area contributed by atoms with E-state index in [0.717, 1.165) is 5.56 Å². The van der Waals surface area contributed by atoms with Gasteiger partial charge in [-0.1, -0.05) is 46.3 Å². The summed E-state index contributed by atoms with van der Waals surface area (Å²) in [5, 5.41) is 0. The van der Waals surface area contributed by atoms with Crippen molar-refractivity contribution in [2.75, 3.05) is 6.26 Å². The van der Waals surface area contributed by atoms with E-state index in [1.807, 2.05) is 30.3 Å². The zero-order valence-electron chi connectivity index (χ0n) is 10.3. The fourth-order valence-electron chi connectivity index (χ4n) is 1.58. The molecule has 2 aromatic carbocycles. The Labute approximate surface area is 121 Å². The van der Waals surface area contributed by atoms with Crippen molar-refractivity contribution in [3.63, 3.8) is 0 Å². The minimum atomic E-state index is -3.24. The minimum Gasteiger partial charge on any atom is -0.489 e. The van der Waals surface area contributed by atoms with Crippen LogP contribution in [0.25, 0.3) is 0 Å². The van der Waals surface area contributed by atoms with Crippen LogP contribution in [-0.4, -0.2) is 14.7 Å². The first-order chi connectivity index (χ1) is 8.95. The molecule has 19 heavy (non-hydrogen) atoms. The highest BCUT2D eigenvalue weighted by molar-refractivity contribution is 9.10. The fourth-order valence-corrected chi connectivity index (χ4v) is 2.87. The van der Waals surface area contributed by atoms with Crippen molar-refractivity contribution in [1.29, 1.82) is 0 Å². The second-order valence-electron chi connectivity index (χ2n) is 4.17. The monoisotopic (exact) mass is 340 g/mol. The van der Waals surface area contributed by atoms with Gasteiger partial charge in [0.05, 0.1) is 4.90 Å². The first-order valence-electron chi connectivity index (χ1n) is 5.62. The van der Waals surface area contributed by atoms with Crippen LogP contribution < -0.4 is 4.74 Å². The van der Waals surface area contributed by atoms with Gasteiger partial charge in [0.1, 0.15) is 12.4 Å². The second-order valence-corrected chi connectivity index (χ2v) is 7.10. The molecule has 2 aromatic rings. The van der Waals surface area contributed by atoms with E-state index in [-0.39, 0.29) is 4.90 Å². The van der Waals surface area contributed by atoms with Crippen molar-refractivity contribution in [3.05, 3.63) is 58.6 Å². The highest BCUT2D eigenvalue weighted by Crippen LogP contribution is 2.25. The Kier molecular flexibility index (Phi) is 4.27. The lowest BCUT2D eigenvalue weighted by Gasteiger charge is -2.08. The summed E-state index contributed by atoms with van der Waals surface area (Å²) >= 11 is 3.29. The second kappa shape index (κ2) is 5.75. The van der Waals surface area contributed by atoms with Crippen LogP contribution in [0.4, 0.5) is 0 Å². The summed E-state index contributed by atoms with van der Waals surface area (Å²) in [4.78, 5) is 0.241. The number of hydrogen-bond donors (Lipinski definition) is 0. The topological polar surface area (TPSA) is 43.4 Å². The van der Waals surface area contributed by atoms with Crippen molar-refractivity contribution in [1.82, 2.24) is 0 Å². The molecular formula is C14H13BrO3S. The Balaban J connectivity index is 2.19. The molecule has 0 fully saturated rings. The largest absolute Gasteiger partial charge is 0.489 e. The molecule has 0 N–H and O–H groups in total. The lowest BCUT2D eigenvalue weighted by molar-refractivity contribution is 0.305. The lowest BCUT2D eigenvalue weighted by atomic mass is 10.2. The minimum absolute atomic E-state index is 0.241. The maximum Gasteiger partial charge on any atom is 0.175 e. The third-order valence-electron chi connectivity index (χ3n) is 2.52. The molecule has 0 heterocycles. The number of benzene rings is 2. The van der Waals surface area contributed by atoms with Crippen LogP contribution in [0.1, 0.15) is 5.56 Å². The Hall–Kier alpha value is -1.33. The molecule has 0 aromatic heterocycles. The van der Waals surface area contributed by atoms with Gasteiger partial charge in [-0.3, -0.25) is 0 Å². The first-order valence-corrected chi connectivity index (χ1v) is 8.31. The molecule has 2 rings (SSSR count). The normalized spacial score (nSPS) is 11.3. The molecule has 0 radical (unpaired) electrons. The van der Waals surface area contributed by atoms with E-state index in [2.05, 4.69) is 15.9 Å². The van der Waals surface area contributed by atoms with E-state index in [4.69, 9.17) is 4.74 Å². The molecule has 0 aliphatic rings. The SMILES string of the molecule is CS(=O)(=O)c1cc(Br)cc(OCc2ccccc2)c1. The van der Waals surface area contributed by atoms with Crippen LogP contribution in [0.5, 0.6) is 5.75 Å². The highest BCUT2D eigenvalue weighted by Gasteiger charge is 2.10. The van der Waals surface area contributed by atoms with Gasteiger partial charge in [-0.25, -0.2) is 8.42 Å². The third-order valence-corrected chi connectivity index (χ3v) is 4.07. The van der Waals surface area contributed by atoms with Gasteiger partial charge in [0.2, 0.25) is 0 Å². The Morgan fingerprint density at radius 2 is 1.79 bits per heavy atom. The molecular weight excluding hydrogens is 328 g/mol. The number of hydrogen-bond acceptors (Lipinski definition) is 3. The zero-order valence-corrected chi connectivity index (χ0v) is 12.7. The average Bonchev–Trinajstić information content (AvgIpc) is 2.36. The van der Waals surface area contributed by atoms with E-state index >= 15 is 0 Å². The molecule has 0 aliphatic carbocycles. The number of rotatable bonds is 4. The van der Waals surface area contributed by atoms with Crippen LogP contribution in [0, 0.1) is 0 Å². The Morgan fingerprint density at radius 1 is 1.11 bits per heavy atom. The standard InChI is InChI=1S/C14H13BrO3S/c1-19(16,17)14-8-12(15)7-13(9-14)18-10-11-5-3-2-4-6-11/h2-9H,10H2,1H3. The number of halogens is 1. The number of ether oxygens (including phenoxy) is 1. The van der Waals surface area contributed by atoms with Crippen LogP contribution in [0.3, 0.4) is 0 Å². The maximum absolute atomic E-state index is 11.5. The molecule has 5 heteroatoms. The van der Waals surface area contributed by atoms with Crippen LogP contribution in [-0.2, 0) is 16.4 Å². The van der Waals surface area contributed by atoms with E-state index in [9.17, 15) is 8.42 Å². The van der Waals surface area contributed by atoms with Crippen molar-refractivity contribution < 1.29 is 13.2 Å². The summed E-state index contributed by atoms with van der Waals surface area (Å²) in [6, 6.07) is 14.5. The van der Waals surface area contributed by atoms with Crippen LogP contribution in [0.2, 0.25) is 0 Å². The van der Waals surface area contributed by atoms with Gasteiger partial charge in [-0.05, 0) is 23.8 Å². The van der Waals surface area contributed by atoms with Gasteiger partial charge in [0.25, 0.3) is 0 Å². The average molecular weight is 341 g/mol. The first kappa shape index (κ1) is 14.1. The summed E-state index contributed by atoms with van der Waals surface area (Å²) < 4.78 is 29.4. The molecule has 3 nitrogen and oxygen atoms in total. The Bertz CT molecular complexity index is 666. The summed E-state index contributed by atoms with van der Waals surface area (Å²) in [6.45, 7) is 0.403. The predicted molar refractivity (Wildman–Crippen MR) is 78.0 cm³/mol. The molecule has 0 atom stereocenters. The van der Waals surface area contributed by atoms with Crippen molar-refractivity contribution in [3.8, 4) is 5.75 Å². The summed E-state index contributed by atoms with van der Waals surface area (Å²) in [7, 11) is -3.24. The quantitative estimate of drug-likeness (QED) is 0.856. The summed E-state index contributed by atoms with van der Waals surface area (Å²) in [6.07, 6.45) is 1.18. The zero-order chi connectivity index (χ0) is 13.9. The van der Waals surface area contributed by atoms with E-state index in [1.54, 1.807) is 12.1 Å². The fraction of sp³-hybridized carbons (Fsp3) is 0.143. The molecule has 0 bridgehead atoms. The van der Waals surface area contributed by atoms with Crippen molar-refractivity contribution >= 4 is 25.8 Å². The summed E-state index contributed by atoms with van der Waals surface area (Å²) in [5.74, 6) is 0.527. The van der Waals surface area contributed by atoms with Gasteiger partial charge in [-0.2, -0.15) is 0 Å². The summed E-state index contributed by atoms with van der Waals surface area (Å²) in [5.41, 5.74) is 1.03. The van der Waals surface area contributed by atoms with Gasteiger partial charge in [0, 0.05) is 10.7 Å². The molecule has 100 valence electrons. The van der Waals surface area contributed by atoms with E-state index in [0.29, 0.717) is 16.8 Å². The third kappa shape index (κ3) is 4.08. The van der Waals surface area contributed by atoms with Crippen molar-refractivity contribution in [2.45, 2.75) is 11.5 Å². The highest BCUT2D eigenvalue weighted by atomic mass is 79.9. The van der Waals surface area contributed by atoms with Gasteiger partial charge >= 0.3 is 0 Å². The van der Waals surface area contributed by atoms with Gasteiger partial charge in [0.15, 0.2) is 9.84 Å². The smallest absolute Gasteiger partial charge is 0.175 e. The van der Waals surface area contributed by atoms with Crippen molar-refractivity contribution in [2.24, 2.45) is 0 Å². The molecule has 0 amide bonds. The molecule has 0 saturated carbocycles. The molecule has 0 saturated heterocycles. The Morgan fingerprint density at radius 3 is 2.42 bits per heavy atom. The maximum atomic E-state index is 11.5. The molecule has 0 aliphatic heterocycles. The van der Waals surface area contributed by atoms with Crippen LogP contribution >= 0.6 is 15.9 Å².